The minimum Gasteiger partial charge on any atom is -0.326 e. The first-order chi connectivity index (χ1) is 8.63. The van der Waals surface area contributed by atoms with Crippen LogP contribution in [-0.4, -0.2) is 5.91 Å². The molecule has 2 nitrogen and oxygen atoms in total. The van der Waals surface area contributed by atoms with Gasteiger partial charge in [0, 0.05) is 10.7 Å². The molecule has 1 N–H and O–H groups in total. The van der Waals surface area contributed by atoms with Crippen LogP contribution < -0.4 is 5.32 Å². The number of nitrogens with one attached hydrogen (secondary N) is 1. The molecule has 0 unspecified atom stereocenters. The maximum absolute atomic E-state index is 12.9. The molecule has 18 heavy (non-hydrogen) atoms. The van der Waals surface area contributed by atoms with Crippen LogP contribution in [-0.2, 0) is 11.2 Å². The molecule has 0 aliphatic carbocycles. The largest absolute Gasteiger partial charge is 0.326 e. The highest BCUT2D eigenvalue weighted by molar-refractivity contribution is 6.30. The zero-order valence-electron chi connectivity index (χ0n) is 9.49. The topological polar surface area (TPSA) is 29.1 Å². The number of rotatable bonds is 3. The minimum absolute atomic E-state index is 0.192. The van der Waals surface area contributed by atoms with Gasteiger partial charge in [-0.1, -0.05) is 29.8 Å². The first-order valence-electron chi connectivity index (χ1n) is 5.43. The molecular formula is C14H11ClFNO. The van der Waals surface area contributed by atoms with Gasteiger partial charge in [-0.05, 0) is 35.9 Å². The van der Waals surface area contributed by atoms with Gasteiger partial charge in [0.05, 0.1) is 6.42 Å². The van der Waals surface area contributed by atoms with E-state index in [1.807, 2.05) is 0 Å². The first kappa shape index (κ1) is 12.6. The van der Waals surface area contributed by atoms with Gasteiger partial charge in [-0.15, -0.1) is 0 Å². The van der Waals surface area contributed by atoms with Crippen LogP contribution in [0.15, 0.2) is 48.5 Å². The maximum atomic E-state index is 12.9. The minimum atomic E-state index is -0.376. The SMILES string of the molecule is O=C(Cc1ccc(Cl)cc1)Nc1cccc(F)c1. The van der Waals surface area contributed by atoms with Gasteiger partial charge in [0.15, 0.2) is 0 Å². The van der Waals surface area contributed by atoms with Gasteiger partial charge < -0.3 is 5.32 Å². The summed E-state index contributed by atoms with van der Waals surface area (Å²) in [7, 11) is 0. The molecule has 0 atom stereocenters. The Balaban J connectivity index is 1.98. The normalized spacial score (nSPS) is 10.1. The predicted octanol–water partition coefficient (Wildman–Crippen LogP) is 3.66. The van der Waals surface area contributed by atoms with Gasteiger partial charge in [0.1, 0.15) is 5.82 Å². The molecule has 4 heteroatoms. The van der Waals surface area contributed by atoms with Crippen molar-refractivity contribution in [1.29, 1.82) is 0 Å². The molecule has 0 heterocycles. The van der Waals surface area contributed by atoms with Crippen molar-refractivity contribution in [2.24, 2.45) is 0 Å². The Labute approximate surface area is 109 Å². The third-order valence-electron chi connectivity index (χ3n) is 2.39. The number of carbonyl (C=O) groups is 1. The number of amides is 1. The van der Waals surface area contributed by atoms with Crippen LogP contribution in [0.25, 0.3) is 0 Å². The lowest BCUT2D eigenvalue weighted by molar-refractivity contribution is -0.115. The van der Waals surface area contributed by atoms with E-state index in [1.54, 1.807) is 36.4 Å². The van der Waals surface area contributed by atoms with Crippen molar-refractivity contribution in [2.45, 2.75) is 6.42 Å². The Morgan fingerprint density at radius 2 is 1.89 bits per heavy atom. The summed E-state index contributed by atoms with van der Waals surface area (Å²) < 4.78 is 12.9. The smallest absolute Gasteiger partial charge is 0.228 e. The maximum Gasteiger partial charge on any atom is 0.228 e. The fraction of sp³-hybridized carbons (Fsp3) is 0.0714. The summed E-state index contributed by atoms with van der Waals surface area (Å²) in [5.41, 5.74) is 1.31. The van der Waals surface area contributed by atoms with Gasteiger partial charge in [-0.2, -0.15) is 0 Å². The fourth-order valence-corrected chi connectivity index (χ4v) is 1.69. The fourth-order valence-electron chi connectivity index (χ4n) is 1.56. The average molecular weight is 264 g/mol. The summed E-state index contributed by atoms with van der Waals surface area (Å²) in [6.45, 7) is 0. The molecule has 0 aliphatic heterocycles. The molecule has 0 fully saturated rings. The van der Waals surface area contributed by atoms with Crippen LogP contribution in [0.1, 0.15) is 5.56 Å². The molecule has 2 aromatic rings. The van der Waals surface area contributed by atoms with Crippen LogP contribution in [0.5, 0.6) is 0 Å². The van der Waals surface area contributed by atoms with Crippen molar-refractivity contribution in [1.82, 2.24) is 0 Å². The van der Waals surface area contributed by atoms with E-state index < -0.39 is 0 Å². The zero-order chi connectivity index (χ0) is 13.0. The van der Waals surface area contributed by atoms with Gasteiger partial charge in [-0.25, -0.2) is 4.39 Å². The molecule has 2 aromatic carbocycles. The molecule has 0 radical (unpaired) electrons. The highest BCUT2D eigenvalue weighted by Crippen LogP contribution is 2.12. The van der Waals surface area contributed by atoms with Crippen molar-refractivity contribution < 1.29 is 9.18 Å². The van der Waals surface area contributed by atoms with E-state index in [0.717, 1.165) is 5.56 Å². The Morgan fingerprint density at radius 1 is 1.17 bits per heavy atom. The summed E-state index contributed by atoms with van der Waals surface area (Å²) in [5.74, 6) is -0.567. The Bertz CT molecular complexity index is 554. The molecule has 0 bridgehead atoms. The number of hydrogen-bond donors (Lipinski definition) is 1. The van der Waals surface area contributed by atoms with Crippen LogP contribution in [0, 0.1) is 5.82 Å². The molecular weight excluding hydrogens is 253 g/mol. The van der Waals surface area contributed by atoms with E-state index in [1.165, 1.54) is 12.1 Å². The second-order valence-corrected chi connectivity index (χ2v) is 4.30. The molecule has 92 valence electrons. The van der Waals surface area contributed by atoms with Crippen LogP contribution in [0.3, 0.4) is 0 Å². The highest BCUT2D eigenvalue weighted by Gasteiger charge is 2.04. The van der Waals surface area contributed by atoms with E-state index >= 15 is 0 Å². The average Bonchev–Trinajstić information content (AvgIpc) is 2.32. The summed E-state index contributed by atoms with van der Waals surface area (Å²) in [6.07, 6.45) is 0.230. The number of hydrogen-bond acceptors (Lipinski definition) is 1. The lowest BCUT2D eigenvalue weighted by Gasteiger charge is -2.05. The van der Waals surface area contributed by atoms with Crippen molar-refractivity contribution in [3.05, 3.63) is 64.9 Å². The summed E-state index contributed by atoms with van der Waals surface area (Å²) in [6, 6.07) is 12.8. The molecule has 2 rings (SSSR count). The Morgan fingerprint density at radius 3 is 2.56 bits per heavy atom. The van der Waals surface area contributed by atoms with Gasteiger partial charge in [-0.3, -0.25) is 4.79 Å². The molecule has 0 spiro atoms. The second-order valence-electron chi connectivity index (χ2n) is 3.86. The van der Waals surface area contributed by atoms with E-state index in [0.29, 0.717) is 10.7 Å². The number of halogens is 2. The van der Waals surface area contributed by atoms with E-state index in [-0.39, 0.29) is 18.1 Å². The Hall–Kier alpha value is -1.87. The van der Waals surface area contributed by atoms with E-state index in [2.05, 4.69) is 5.32 Å². The van der Waals surface area contributed by atoms with Crippen molar-refractivity contribution in [3.8, 4) is 0 Å². The first-order valence-corrected chi connectivity index (χ1v) is 5.81. The summed E-state index contributed by atoms with van der Waals surface area (Å²) in [5, 5.41) is 3.26. The quantitative estimate of drug-likeness (QED) is 0.900. The lowest BCUT2D eigenvalue weighted by Crippen LogP contribution is -2.14. The number of carbonyl (C=O) groups excluding carboxylic acids is 1. The predicted molar refractivity (Wildman–Crippen MR) is 70.2 cm³/mol. The lowest BCUT2D eigenvalue weighted by atomic mass is 10.1. The summed E-state index contributed by atoms with van der Waals surface area (Å²) in [4.78, 5) is 11.7. The van der Waals surface area contributed by atoms with Crippen molar-refractivity contribution in [2.75, 3.05) is 5.32 Å². The number of benzene rings is 2. The van der Waals surface area contributed by atoms with E-state index in [4.69, 9.17) is 11.6 Å². The molecule has 0 aliphatic rings. The highest BCUT2D eigenvalue weighted by atomic mass is 35.5. The van der Waals surface area contributed by atoms with Gasteiger partial charge in [0.25, 0.3) is 0 Å². The zero-order valence-corrected chi connectivity index (χ0v) is 10.2. The monoisotopic (exact) mass is 263 g/mol. The van der Waals surface area contributed by atoms with Crippen LogP contribution >= 0.6 is 11.6 Å². The third kappa shape index (κ3) is 3.57. The van der Waals surface area contributed by atoms with Crippen molar-refractivity contribution >= 4 is 23.2 Å². The standard InChI is InChI=1S/C14H11ClFNO/c15-11-6-4-10(5-7-11)8-14(18)17-13-3-1-2-12(16)9-13/h1-7,9H,8H2,(H,17,18). The molecule has 0 saturated carbocycles. The molecule has 0 saturated heterocycles. The van der Waals surface area contributed by atoms with Gasteiger partial charge in [0.2, 0.25) is 5.91 Å². The Kier molecular flexibility index (Phi) is 3.95. The second kappa shape index (κ2) is 5.65. The number of anilines is 1. The molecule has 1 amide bonds. The van der Waals surface area contributed by atoms with Gasteiger partial charge >= 0.3 is 0 Å². The van der Waals surface area contributed by atoms with Crippen LogP contribution in [0.4, 0.5) is 10.1 Å². The third-order valence-corrected chi connectivity index (χ3v) is 2.64. The van der Waals surface area contributed by atoms with Crippen molar-refractivity contribution in [3.63, 3.8) is 0 Å². The summed E-state index contributed by atoms with van der Waals surface area (Å²) >= 11 is 5.75. The molecule has 0 aromatic heterocycles. The van der Waals surface area contributed by atoms with E-state index in [9.17, 15) is 9.18 Å². The van der Waals surface area contributed by atoms with Crippen LogP contribution in [0.2, 0.25) is 5.02 Å².